The Bertz CT molecular complexity index is 245. The van der Waals surface area contributed by atoms with Gasteiger partial charge in [0.1, 0.15) is 12.4 Å². The molecule has 0 saturated carbocycles. The van der Waals surface area contributed by atoms with Gasteiger partial charge < -0.3 is 4.74 Å². The minimum atomic E-state index is 0.819. The second-order valence-corrected chi connectivity index (χ2v) is 3.40. The van der Waals surface area contributed by atoms with Crippen LogP contribution in [0.4, 0.5) is 0 Å². The summed E-state index contributed by atoms with van der Waals surface area (Å²) in [4.78, 5) is 3.27. The van der Waals surface area contributed by atoms with E-state index in [4.69, 9.17) is 4.74 Å². The molecule has 3 nitrogen and oxygen atoms in total. The van der Waals surface area contributed by atoms with E-state index in [0.29, 0.717) is 0 Å². The highest BCUT2D eigenvalue weighted by Crippen LogP contribution is 1.93. The van der Waals surface area contributed by atoms with Gasteiger partial charge in [-0.15, -0.1) is 0 Å². The summed E-state index contributed by atoms with van der Waals surface area (Å²) in [6.45, 7) is 6.97. The molecule has 0 aliphatic carbocycles. The van der Waals surface area contributed by atoms with Gasteiger partial charge in [-0.25, -0.2) is 9.55 Å². The van der Waals surface area contributed by atoms with Gasteiger partial charge in [-0.05, 0) is 13.3 Å². The molecule has 80 valence electrons. The molecule has 0 amide bonds. The molecule has 0 aromatic carbocycles. The van der Waals surface area contributed by atoms with Gasteiger partial charge in [-0.3, -0.25) is 0 Å². The number of aromatic amines is 1. The van der Waals surface area contributed by atoms with Gasteiger partial charge in [0.05, 0.1) is 13.2 Å². The van der Waals surface area contributed by atoms with E-state index in [1.165, 1.54) is 12.2 Å². The number of ether oxygens (including phenoxy) is 1. The molecule has 1 rings (SSSR count). The second kappa shape index (κ2) is 6.60. The maximum atomic E-state index is 5.31. The van der Waals surface area contributed by atoms with Crippen LogP contribution in [0.5, 0.6) is 0 Å². The standard InChI is InChI=1S/C11H20N2O/c1-3-6-11-12-7-9-13(11)8-5-10-14-4-2/h7,9H,3-6,8,10H2,1-2H3/p+1. The lowest BCUT2D eigenvalue weighted by molar-refractivity contribution is -0.703. The van der Waals surface area contributed by atoms with Crippen molar-refractivity contribution < 1.29 is 9.30 Å². The lowest BCUT2D eigenvalue weighted by Gasteiger charge is -2.00. The Morgan fingerprint density at radius 3 is 3.00 bits per heavy atom. The normalized spacial score (nSPS) is 10.7. The van der Waals surface area contributed by atoms with Crippen LogP contribution >= 0.6 is 0 Å². The first-order valence-electron chi connectivity index (χ1n) is 5.52. The van der Waals surface area contributed by atoms with Crippen LogP contribution in [0, 0.1) is 0 Å². The molecule has 1 aromatic heterocycles. The molecule has 1 aromatic rings. The maximum Gasteiger partial charge on any atom is 0.254 e. The third-order valence-electron chi connectivity index (χ3n) is 2.23. The van der Waals surface area contributed by atoms with Gasteiger partial charge in [0.25, 0.3) is 5.82 Å². The highest BCUT2D eigenvalue weighted by atomic mass is 16.5. The number of imidazole rings is 1. The summed E-state index contributed by atoms with van der Waals surface area (Å²) in [6.07, 6.45) is 7.52. The largest absolute Gasteiger partial charge is 0.382 e. The van der Waals surface area contributed by atoms with E-state index in [9.17, 15) is 0 Å². The van der Waals surface area contributed by atoms with E-state index < -0.39 is 0 Å². The van der Waals surface area contributed by atoms with Gasteiger partial charge in [-0.2, -0.15) is 0 Å². The van der Waals surface area contributed by atoms with Gasteiger partial charge in [0, 0.05) is 19.4 Å². The first kappa shape index (κ1) is 11.2. The third-order valence-corrected chi connectivity index (χ3v) is 2.23. The smallest absolute Gasteiger partial charge is 0.254 e. The van der Waals surface area contributed by atoms with Crippen LogP contribution in [0.3, 0.4) is 0 Å². The van der Waals surface area contributed by atoms with Crippen LogP contribution in [0.25, 0.3) is 0 Å². The molecular weight excluding hydrogens is 176 g/mol. The molecule has 0 bridgehead atoms. The minimum absolute atomic E-state index is 0.819. The molecule has 0 fully saturated rings. The molecule has 0 saturated heterocycles. The summed E-state index contributed by atoms with van der Waals surface area (Å²) in [5.41, 5.74) is 0. The average molecular weight is 197 g/mol. The minimum Gasteiger partial charge on any atom is -0.382 e. The Kier molecular flexibility index (Phi) is 5.30. The van der Waals surface area contributed by atoms with E-state index in [0.717, 1.165) is 32.6 Å². The number of hydrogen-bond acceptors (Lipinski definition) is 1. The van der Waals surface area contributed by atoms with Crippen molar-refractivity contribution in [3.8, 4) is 0 Å². The molecule has 0 unspecified atom stereocenters. The number of aryl methyl sites for hydroxylation is 2. The third kappa shape index (κ3) is 3.50. The molecule has 0 aliphatic rings. The Morgan fingerprint density at radius 1 is 1.43 bits per heavy atom. The van der Waals surface area contributed by atoms with Crippen molar-refractivity contribution in [3.63, 3.8) is 0 Å². The molecule has 14 heavy (non-hydrogen) atoms. The SMILES string of the molecule is CCCc1[nH]cc[n+]1CCCOCC. The van der Waals surface area contributed by atoms with Crippen LogP contribution in [0.15, 0.2) is 12.4 Å². The van der Waals surface area contributed by atoms with Gasteiger partial charge in [0.2, 0.25) is 0 Å². The first-order valence-corrected chi connectivity index (χ1v) is 5.52. The summed E-state index contributed by atoms with van der Waals surface area (Å²) in [6, 6.07) is 0. The Hall–Kier alpha value is -0.830. The summed E-state index contributed by atoms with van der Waals surface area (Å²) in [5.74, 6) is 1.32. The zero-order valence-electron chi connectivity index (χ0n) is 9.25. The summed E-state index contributed by atoms with van der Waals surface area (Å²) in [5, 5.41) is 0. The van der Waals surface area contributed by atoms with E-state index >= 15 is 0 Å². The van der Waals surface area contributed by atoms with Crippen molar-refractivity contribution in [2.45, 2.75) is 39.7 Å². The number of hydrogen-bond donors (Lipinski definition) is 1. The predicted molar refractivity (Wildman–Crippen MR) is 56.1 cm³/mol. The molecule has 0 atom stereocenters. The van der Waals surface area contributed by atoms with Crippen molar-refractivity contribution in [3.05, 3.63) is 18.2 Å². The highest BCUT2D eigenvalue weighted by Gasteiger charge is 2.07. The quantitative estimate of drug-likeness (QED) is 0.523. The molecule has 1 N–H and O–H groups in total. The number of aromatic nitrogens is 2. The van der Waals surface area contributed by atoms with E-state index in [-0.39, 0.29) is 0 Å². The number of H-pyrrole nitrogens is 1. The molecule has 0 spiro atoms. The monoisotopic (exact) mass is 197 g/mol. The second-order valence-electron chi connectivity index (χ2n) is 3.40. The lowest BCUT2D eigenvalue weighted by atomic mass is 10.3. The lowest BCUT2D eigenvalue weighted by Crippen LogP contribution is -2.36. The van der Waals surface area contributed by atoms with Crippen molar-refractivity contribution in [1.29, 1.82) is 0 Å². The van der Waals surface area contributed by atoms with E-state index in [1.807, 2.05) is 13.1 Å². The number of nitrogens with zero attached hydrogens (tertiary/aromatic N) is 1. The van der Waals surface area contributed by atoms with Crippen molar-refractivity contribution >= 4 is 0 Å². The molecule has 0 radical (unpaired) electrons. The topological polar surface area (TPSA) is 28.9 Å². The van der Waals surface area contributed by atoms with Gasteiger partial charge >= 0.3 is 0 Å². The molecular formula is C11H21N2O+. The number of rotatable bonds is 7. The van der Waals surface area contributed by atoms with Gasteiger partial charge in [-0.1, -0.05) is 6.92 Å². The predicted octanol–water partition coefficient (Wildman–Crippen LogP) is 1.68. The van der Waals surface area contributed by atoms with E-state index in [2.05, 4.69) is 22.7 Å². The van der Waals surface area contributed by atoms with Crippen LogP contribution in [0.1, 0.15) is 32.5 Å². The van der Waals surface area contributed by atoms with Crippen LogP contribution in [0.2, 0.25) is 0 Å². The zero-order valence-corrected chi connectivity index (χ0v) is 9.25. The van der Waals surface area contributed by atoms with Gasteiger partial charge in [0.15, 0.2) is 0 Å². The maximum absolute atomic E-state index is 5.31. The van der Waals surface area contributed by atoms with Crippen LogP contribution in [-0.4, -0.2) is 18.2 Å². The zero-order chi connectivity index (χ0) is 10.2. The fraction of sp³-hybridized carbons (Fsp3) is 0.727. The van der Waals surface area contributed by atoms with Crippen LogP contribution in [-0.2, 0) is 17.7 Å². The van der Waals surface area contributed by atoms with Crippen LogP contribution < -0.4 is 4.57 Å². The first-order chi connectivity index (χ1) is 6.88. The molecule has 0 aliphatic heterocycles. The fourth-order valence-electron chi connectivity index (χ4n) is 1.54. The van der Waals surface area contributed by atoms with Crippen molar-refractivity contribution in [2.75, 3.05) is 13.2 Å². The van der Waals surface area contributed by atoms with Crippen molar-refractivity contribution in [1.82, 2.24) is 4.98 Å². The molecule has 1 heterocycles. The Balaban J connectivity index is 2.30. The summed E-state index contributed by atoms with van der Waals surface area (Å²) in [7, 11) is 0. The summed E-state index contributed by atoms with van der Waals surface area (Å²) >= 11 is 0. The Morgan fingerprint density at radius 2 is 2.29 bits per heavy atom. The highest BCUT2D eigenvalue weighted by molar-refractivity contribution is 4.76. The average Bonchev–Trinajstić information content (AvgIpc) is 2.61. The Labute approximate surface area is 86.1 Å². The van der Waals surface area contributed by atoms with E-state index in [1.54, 1.807) is 0 Å². The number of nitrogens with one attached hydrogen (secondary N) is 1. The van der Waals surface area contributed by atoms with Crippen molar-refractivity contribution in [2.24, 2.45) is 0 Å². The summed E-state index contributed by atoms with van der Waals surface area (Å²) < 4.78 is 7.59. The molecule has 3 heteroatoms. The fourth-order valence-corrected chi connectivity index (χ4v) is 1.54.